The van der Waals surface area contributed by atoms with Crippen molar-refractivity contribution in [3.8, 4) is 5.75 Å². The molecule has 1 saturated heterocycles. The molecule has 0 bridgehead atoms. The number of benzene rings is 1. The fourth-order valence-electron chi connectivity index (χ4n) is 1.89. The van der Waals surface area contributed by atoms with Gasteiger partial charge in [-0.25, -0.2) is 4.79 Å². The van der Waals surface area contributed by atoms with Crippen molar-refractivity contribution in [3.05, 3.63) is 29.8 Å². The average Bonchev–Trinajstić information content (AvgIpc) is 2.36. The van der Waals surface area contributed by atoms with Gasteiger partial charge in [0.1, 0.15) is 11.9 Å². The van der Waals surface area contributed by atoms with E-state index >= 15 is 0 Å². The summed E-state index contributed by atoms with van der Waals surface area (Å²) in [4.78, 5) is 13.3. The first kappa shape index (κ1) is 12.9. The summed E-state index contributed by atoms with van der Waals surface area (Å²) < 4.78 is 10.2. The highest BCUT2D eigenvalue weighted by molar-refractivity contribution is 5.76. The van der Waals surface area contributed by atoms with E-state index in [0.29, 0.717) is 5.56 Å². The Morgan fingerprint density at radius 2 is 2.00 bits per heavy atom. The number of likely N-dealkylation sites (N-methyl/N-ethyl adjacent to an activating group) is 1. The van der Waals surface area contributed by atoms with Crippen LogP contribution in [0, 0.1) is 0 Å². The van der Waals surface area contributed by atoms with Crippen LogP contribution < -0.4 is 4.74 Å². The van der Waals surface area contributed by atoms with Crippen LogP contribution >= 0.6 is 0 Å². The van der Waals surface area contributed by atoms with Crippen LogP contribution in [0.4, 0.5) is 0 Å². The number of likely N-dealkylation sites (tertiary alicyclic amines) is 1. The minimum atomic E-state index is -1.24. The van der Waals surface area contributed by atoms with Crippen molar-refractivity contribution in [3.63, 3.8) is 0 Å². The van der Waals surface area contributed by atoms with Crippen molar-refractivity contribution < 1.29 is 19.4 Å². The molecule has 5 nitrogen and oxygen atoms in total. The number of aliphatic hydroxyl groups is 1. The molecule has 1 unspecified atom stereocenters. The van der Waals surface area contributed by atoms with E-state index in [2.05, 4.69) is 9.64 Å². The van der Waals surface area contributed by atoms with Crippen LogP contribution in [0.3, 0.4) is 0 Å². The molecule has 1 aliphatic heterocycles. The first-order valence-corrected chi connectivity index (χ1v) is 5.81. The van der Waals surface area contributed by atoms with Crippen molar-refractivity contribution >= 4 is 5.97 Å². The number of esters is 1. The first-order chi connectivity index (χ1) is 8.60. The number of methoxy groups -OCH3 is 1. The third-order valence-electron chi connectivity index (χ3n) is 2.95. The molecule has 0 amide bonds. The molecule has 1 fully saturated rings. The molecule has 0 aromatic heterocycles. The fourth-order valence-corrected chi connectivity index (χ4v) is 1.89. The van der Waals surface area contributed by atoms with E-state index in [4.69, 9.17) is 4.74 Å². The third kappa shape index (κ3) is 2.80. The maximum Gasteiger partial charge on any atom is 0.339 e. The molecule has 0 radical (unpaired) electrons. The largest absolute Gasteiger partial charge is 0.488 e. The highest BCUT2D eigenvalue weighted by atomic mass is 16.5. The number of hydrogen-bond acceptors (Lipinski definition) is 5. The lowest BCUT2D eigenvalue weighted by Crippen LogP contribution is -2.51. The van der Waals surface area contributed by atoms with E-state index in [1.165, 1.54) is 7.11 Å². The van der Waals surface area contributed by atoms with E-state index in [1.807, 2.05) is 7.05 Å². The minimum Gasteiger partial charge on any atom is -0.488 e. The van der Waals surface area contributed by atoms with Gasteiger partial charge in [-0.2, -0.15) is 0 Å². The molecule has 2 rings (SSSR count). The second kappa shape index (κ2) is 5.37. The quantitative estimate of drug-likeness (QED) is 0.793. The molecule has 1 atom stereocenters. The van der Waals surface area contributed by atoms with Crippen LogP contribution in [-0.2, 0) is 9.53 Å². The zero-order valence-corrected chi connectivity index (χ0v) is 10.5. The number of hydrogen-bond donors (Lipinski definition) is 1. The van der Waals surface area contributed by atoms with Crippen molar-refractivity contribution in [2.24, 2.45) is 0 Å². The Bertz CT molecular complexity index is 412. The van der Waals surface area contributed by atoms with E-state index in [-0.39, 0.29) is 6.10 Å². The highest BCUT2D eigenvalue weighted by Crippen LogP contribution is 2.21. The summed E-state index contributed by atoms with van der Waals surface area (Å²) in [6.45, 7) is 1.85. The zero-order valence-electron chi connectivity index (χ0n) is 10.5. The summed E-state index contributed by atoms with van der Waals surface area (Å²) in [6.07, 6.45) is -1.01. The second-order valence-corrected chi connectivity index (χ2v) is 4.46. The van der Waals surface area contributed by atoms with Gasteiger partial charge in [0.25, 0.3) is 0 Å². The van der Waals surface area contributed by atoms with Gasteiger partial charge in [0.2, 0.25) is 0 Å². The Morgan fingerprint density at radius 1 is 1.39 bits per heavy atom. The number of aliphatic hydroxyl groups excluding tert-OH is 1. The predicted molar refractivity (Wildman–Crippen MR) is 65.3 cm³/mol. The van der Waals surface area contributed by atoms with Crippen LogP contribution in [0.1, 0.15) is 11.7 Å². The summed E-state index contributed by atoms with van der Waals surface area (Å²) in [5.41, 5.74) is 0.500. The van der Waals surface area contributed by atoms with Gasteiger partial charge in [-0.15, -0.1) is 0 Å². The van der Waals surface area contributed by atoms with Crippen molar-refractivity contribution in [1.82, 2.24) is 4.90 Å². The van der Waals surface area contributed by atoms with Gasteiger partial charge < -0.3 is 14.6 Å². The van der Waals surface area contributed by atoms with Gasteiger partial charge in [-0.1, -0.05) is 12.1 Å². The fraction of sp³-hybridized carbons (Fsp3) is 0.462. The molecule has 5 heteroatoms. The smallest absolute Gasteiger partial charge is 0.339 e. The van der Waals surface area contributed by atoms with E-state index in [9.17, 15) is 9.90 Å². The Kier molecular flexibility index (Phi) is 3.84. The van der Waals surface area contributed by atoms with Gasteiger partial charge in [-0.3, -0.25) is 4.90 Å². The summed E-state index contributed by atoms with van der Waals surface area (Å²) in [5, 5.41) is 9.63. The summed E-state index contributed by atoms with van der Waals surface area (Å²) in [7, 11) is 3.28. The van der Waals surface area contributed by atoms with Gasteiger partial charge >= 0.3 is 5.97 Å². The summed E-state index contributed by atoms with van der Waals surface area (Å²) in [6, 6.07) is 6.83. The lowest BCUT2D eigenvalue weighted by atomic mass is 10.1. The topological polar surface area (TPSA) is 59.0 Å². The standard InChI is InChI=1S/C13H17NO4/c1-14-7-11(8-14)18-10-5-3-9(4-6-10)12(15)13(16)17-2/h3-6,11-12,15H,7-8H2,1-2H3. The summed E-state index contributed by atoms with van der Waals surface area (Å²) in [5.74, 6) is 0.0817. The van der Waals surface area contributed by atoms with E-state index in [0.717, 1.165) is 18.8 Å². The Balaban J connectivity index is 1.95. The number of carbonyl (C=O) groups excluding carboxylic acids is 1. The molecule has 0 aliphatic carbocycles. The van der Waals surface area contributed by atoms with Crippen LogP contribution in [0.15, 0.2) is 24.3 Å². The van der Waals surface area contributed by atoms with E-state index in [1.54, 1.807) is 24.3 Å². The molecule has 98 valence electrons. The Morgan fingerprint density at radius 3 is 2.50 bits per heavy atom. The molecule has 1 heterocycles. The maximum atomic E-state index is 11.2. The zero-order chi connectivity index (χ0) is 13.1. The molecule has 1 aromatic rings. The molecule has 0 saturated carbocycles. The summed E-state index contributed by atoms with van der Waals surface area (Å²) >= 11 is 0. The maximum absolute atomic E-state index is 11.2. The van der Waals surface area contributed by atoms with Gasteiger partial charge in [0.15, 0.2) is 6.10 Å². The minimum absolute atomic E-state index is 0.228. The SMILES string of the molecule is COC(=O)C(O)c1ccc(OC2CN(C)C2)cc1. The van der Waals surface area contributed by atoms with Gasteiger partial charge in [-0.05, 0) is 24.7 Å². The van der Waals surface area contributed by atoms with Crippen molar-refractivity contribution in [2.75, 3.05) is 27.2 Å². The van der Waals surface area contributed by atoms with Crippen LogP contribution in [0.5, 0.6) is 5.75 Å². The Hall–Kier alpha value is -1.59. The first-order valence-electron chi connectivity index (χ1n) is 5.81. The number of nitrogens with zero attached hydrogens (tertiary/aromatic N) is 1. The average molecular weight is 251 g/mol. The number of rotatable bonds is 4. The van der Waals surface area contributed by atoms with Crippen LogP contribution in [0.2, 0.25) is 0 Å². The van der Waals surface area contributed by atoms with Gasteiger partial charge in [0.05, 0.1) is 7.11 Å². The van der Waals surface area contributed by atoms with Crippen molar-refractivity contribution in [2.45, 2.75) is 12.2 Å². The normalized spacial score (nSPS) is 17.9. The highest BCUT2D eigenvalue weighted by Gasteiger charge is 2.25. The Labute approximate surface area is 106 Å². The van der Waals surface area contributed by atoms with Crippen LogP contribution in [-0.4, -0.2) is 49.3 Å². The molecule has 1 aromatic carbocycles. The molecule has 0 spiro atoms. The van der Waals surface area contributed by atoms with E-state index < -0.39 is 12.1 Å². The predicted octanol–water partition coefficient (Wildman–Crippen LogP) is 0.586. The molecular formula is C13H17NO4. The van der Waals surface area contributed by atoms with Crippen LogP contribution in [0.25, 0.3) is 0 Å². The monoisotopic (exact) mass is 251 g/mol. The number of carbonyl (C=O) groups is 1. The second-order valence-electron chi connectivity index (χ2n) is 4.46. The van der Waals surface area contributed by atoms with Crippen molar-refractivity contribution in [1.29, 1.82) is 0 Å². The lowest BCUT2D eigenvalue weighted by Gasteiger charge is -2.36. The molecular weight excluding hydrogens is 234 g/mol. The van der Waals surface area contributed by atoms with Gasteiger partial charge in [0, 0.05) is 13.1 Å². The lowest BCUT2D eigenvalue weighted by molar-refractivity contribution is -0.150. The molecule has 1 N–H and O–H groups in total. The third-order valence-corrected chi connectivity index (χ3v) is 2.95. The number of ether oxygens (including phenoxy) is 2. The molecule has 1 aliphatic rings. The molecule has 18 heavy (non-hydrogen) atoms.